The number of oxime groups is 1. The molecule has 0 aliphatic heterocycles. The van der Waals surface area contributed by atoms with Gasteiger partial charge in [0.05, 0.1) is 6.61 Å². The van der Waals surface area contributed by atoms with E-state index in [4.69, 9.17) is 39.9 Å². The van der Waals surface area contributed by atoms with Crippen molar-refractivity contribution in [1.29, 1.82) is 0 Å². The average Bonchev–Trinajstić information content (AvgIpc) is 2.74. The van der Waals surface area contributed by atoms with Gasteiger partial charge in [0, 0.05) is 0 Å². The lowest BCUT2D eigenvalue weighted by atomic mass is 10.0. The van der Waals surface area contributed by atoms with Crippen molar-refractivity contribution in [3.05, 3.63) is 0 Å². The Balaban J connectivity index is 7.62. The highest BCUT2D eigenvalue weighted by Gasteiger charge is 2.50. The number of phosphoric acid groups is 1. The van der Waals surface area contributed by atoms with Gasteiger partial charge in [-0.1, -0.05) is 5.16 Å². The van der Waals surface area contributed by atoms with Gasteiger partial charge in [-0.25, -0.2) is 8.43 Å². The highest BCUT2D eigenvalue weighted by Crippen LogP contribution is 2.58. The Morgan fingerprint density at radius 2 is 0.938 bits per heavy atom. The van der Waals surface area contributed by atoms with Crippen LogP contribution in [0.2, 0.25) is 137 Å². The van der Waals surface area contributed by atoms with E-state index in [1.165, 1.54) is 7.11 Å². The van der Waals surface area contributed by atoms with Crippen molar-refractivity contribution in [3.63, 3.8) is 0 Å². The molecule has 0 spiro atoms. The summed E-state index contributed by atoms with van der Waals surface area (Å²) in [5.74, 6) is 0. The quantitative estimate of drug-likeness (QED) is 0.0430. The Bertz CT molecular complexity index is 980. The van der Waals surface area contributed by atoms with E-state index in [0.717, 1.165) is 0 Å². The Kier molecular flexibility index (Phi) is 18.8. The second-order valence-corrected chi connectivity index (χ2v) is 52.5. The van der Waals surface area contributed by atoms with Crippen LogP contribution < -0.4 is 4.89 Å². The minimum Gasteiger partial charge on any atom is -0.607 e. The number of hydrogen-bond acceptors (Lipinski definition) is 11. The molecule has 0 unspecified atom stereocenters. The topological polar surface area (TPSA) is 118 Å². The van der Waals surface area contributed by atoms with Crippen LogP contribution in [0.15, 0.2) is 5.16 Å². The number of hydrogen-bond donors (Lipinski definition) is 0. The molecule has 0 amide bonds. The molecule has 4 atom stereocenters. The monoisotopic (exact) mass is 823 g/mol. The minimum atomic E-state index is -3.96. The molecule has 0 aliphatic rings. The third kappa shape index (κ3) is 24.3. The van der Waals surface area contributed by atoms with Crippen molar-refractivity contribution in [2.45, 2.75) is 162 Å². The molecule has 11 nitrogen and oxygen atoms in total. The van der Waals surface area contributed by atoms with Gasteiger partial charge in [-0.3, -0.25) is 0 Å². The zero-order valence-electron chi connectivity index (χ0n) is 34.7. The summed E-state index contributed by atoms with van der Waals surface area (Å²) in [6.07, 6.45) is -2.72. The molecule has 0 aromatic carbocycles. The molecule has 0 bridgehead atoms. The minimum absolute atomic E-state index is 0.0843. The lowest BCUT2D eigenvalue weighted by Gasteiger charge is -2.45. The largest absolute Gasteiger partial charge is 0.607 e. The summed E-state index contributed by atoms with van der Waals surface area (Å²) in [7, 11) is -18.2. The van der Waals surface area contributed by atoms with Crippen molar-refractivity contribution in [3.8, 4) is 0 Å². The summed E-state index contributed by atoms with van der Waals surface area (Å²) in [5.41, 5.74) is 0.595. The molecular weight excluding hydrogens is 750 g/mol. The van der Waals surface area contributed by atoms with Crippen LogP contribution in [-0.2, 0) is 39.9 Å². The second kappa shape index (κ2) is 18.4. The molecule has 0 aromatic heterocycles. The third-order valence-electron chi connectivity index (χ3n) is 5.31. The van der Waals surface area contributed by atoms with E-state index in [0.29, 0.717) is 5.71 Å². The molecular formula is C29H74NO10PSi7. The van der Waals surface area contributed by atoms with E-state index in [2.05, 4.69) is 103 Å². The maximum Gasteiger partial charge on any atom is 0.356 e. The number of rotatable bonds is 23. The first kappa shape index (κ1) is 49.1. The van der Waals surface area contributed by atoms with E-state index in [-0.39, 0.29) is 13.2 Å². The summed E-state index contributed by atoms with van der Waals surface area (Å²) in [6, 6.07) is 0. The smallest absolute Gasteiger partial charge is 0.356 e. The molecule has 0 aliphatic carbocycles. The molecule has 0 radical (unpaired) electrons. The normalized spacial score (nSPS) is 17.7. The number of nitrogens with zero attached hydrogens (tertiary/aromatic N) is 1. The van der Waals surface area contributed by atoms with Crippen LogP contribution in [0.25, 0.3) is 0 Å². The fraction of sp³-hybridized carbons (Fsp3) is 0.966. The summed E-state index contributed by atoms with van der Waals surface area (Å²) in [6.45, 7) is 44.0. The lowest BCUT2D eigenvalue weighted by Crippen LogP contribution is -2.61. The Labute approximate surface area is 303 Å². The predicted octanol–water partition coefficient (Wildman–Crippen LogP) is 8.48. The summed E-state index contributed by atoms with van der Waals surface area (Å²) >= 11 is 0. The van der Waals surface area contributed by atoms with Gasteiger partial charge in [0.2, 0.25) is 16.6 Å². The lowest BCUT2D eigenvalue weighted by molar-refractivity contribution is -0.235. The molecule has 0 aromatic rings. The first-order valence-corrected chi connectivity index (χ1v) is 42.4. The van der Waals surface area contributed by atoms with Crippen LogP contribution in [0.5, 0.6) is 0 Å². The van der Waals surface area contributed by atoms with Crippen molar-refractivity contribution in [2.24, 2.45) is 5.16 Å². The van der Waals surface area contributed by atoms with Gasteiger partial charge >= 0.3 is 8.17 Å². The highest BCUT2D eigenvalue weighted by molar-refractivity contribution is 7.57. The molecule has 19 heteroatoms. The summed E-state index contributed by atoms with van der Waals surface area (Å²) in [5, 5.41) is 4.50. The first-order valence-electron chi connectivity index (χ1n) is 17.0. The summed E-state index contributed by atoms with van der Waals surface area (Å²) in [4.78, 5) is 19.8. The SMILES string of the molecule is CO/N=C(/CO[Si](C)(C)C)[C@@H](O[Si](C)(C)C)[C@H](O[Si](C)(C)C)[C@H](O[Si](C)(C)C)[C@@H](CO[P+]([O-])(O[Si](C)(C)C)O[Si](C)(C)C)O[Si](C)(C)C. The van der Waals surface area contributed by atoms with Crippen molar-refractivity contribution >= 4 is 72.1 Å². The van der Waals surface area contributed by atoms with E-state index < -0.39 is 90.8 Å². The molecule has 0 fully saturated rings. The van der Waals surface area contributed by atoms with Crippen LogP contribution in [0.4, 0.5) is 0 Å². The maximum atomic E-state index is 14.3. The van der Waals surface area contributed by atoms with E-state index >= 15 is 0 Å². The van der Waals surface area contributed by atoms with Crippen LogP contribution in [-0.4, -0.2) is 109 Å². The molecule has 0 heterocycles. The van der Waals surface area contributed by atoms with E-state index in [1.54, 1.807) is 0 Å². The Morgan fingerprint density at radius 1 is 0.542 bits per heavy atom. The van der Waals surface area contributed by atoms with Gasteiger partial charge in [0.25, 0.3) is 0 Å². The standard InChI is InChI=1S/C29H74NO10PSi7/c1-32-30-25(23-34-42(2,3)4)27(36-44(8,9)10)29(38-46(14,15)16)28(37-45(11,12)13)26(35-43(5,6)7)24-33-41(31,39-47(17,18)19)40-48(20,21)22/h26-29H,23-24H2,1-22H3/b30-25-/t26-,27-,28-,29+/m1/s1. The van der Waals surface area contributed by atoms with Gasteiger partial charge in [-0.15, -0.1) is 0 Å². The molecule has 0 saturated heterocycles. The van der Waals surface area contributed by atoms with Crippen LogP contribution in [0.1, 0.15) is 0 Å². The van der Waals surface area contributed by atoms with E-state index in [1.807, 2.05) is 39.3 Å². The zero-order chi connectivity index (χ0) is 38.4. The van der Waals surface area contributed by atoms with Crippen molar-refractivity contribution in [1.82, 2.24) is 0 Å². The maximum absolute atomic E-state index is 14.3. The van der Waals surface area contributed by atoms with Gasteiger partial charge in [-0.05, 0) is 137 Å². The molecule has 0 saturated carbocycles. The fourth-order valence-electron chi connectivity index (χ4n) is 4.30. The second-order valence-electron chi connectivity index (χ2n) is 19.1. The molecule has 288 valence electrons. The van der Waals surface area contributed by atoms with Gasteiger partial charge in [0.15, 0.2) is 41.6 Å². The van der Waals surface area contributed by atoms with Crippen molar-refractivity contribution < 1.29 is 44.8 Å². The molecule has 0 N–H and O–H groups in total. The predicted molar refractivity (Wildman–Crippen MR) is 218 cm³/mol. The zero-order valence-corrected chi connectivity index (χ0v) is 42.6. The molecule has 0 rings (SSSR count). The third-order valence-corrected chi connectivity index (χ3v) is 16.9. The Hall–Kier alpha value is 1.06. The average molecular weight is 824 g/mol. The highest BCUT2D eigenvalue weighted by atomic mass is 31.2. The first-order chi connectivity index (χ1) is 20.9. The van der Waals surface area contributed by atoms with E-state index in [9.17, 15) is 4.89 Å². The summed E-state index contributed by atoms with van der Waals surface area (Å²) < 4.78 is 53.2. The van der Waals surface area contributed by atoms with Gasteiger partial charge < -0.3 is 31.9 Å². The van der Waals surface area contributed by atoms with Gasteiger partial charge in [0.1, 0.15) is 43.8 Å². The Morgan fingerprint density at radius 3 is 1.27 bits per heavy atom. The van der Waals surface area contributed by atoms with Crippen LogP contribution >= 0.6 is 8.17 Å². The van der Waals surface area contributed by atoms with Crippen LogP contribution in [0.3, 0.4) is 0 Å². The van der Waals surface area contributed by atoms with Gasteiger partial charge in [-0.2, -0.15) is 4.52 Å². The fourth-order valence-corrected chi connectivity index (χ4v) is 15.8. The molecule has 48 heavy (non-hydrogen) atoms. The van der Waals surface area contributed by atoms with Crippen LogP contribution in [0, 0.1) is 0 Å². The van der Waals surface area contributed by atoms with Crippen molar-refractivity contribution in [2.75, 3.05) is 20.3 Å².